The summed E-state index contributed by atoms with van der Waals surface area (Å²) in [5, 5.41) is 8.43. The lowest BCUT2D eigenvalue weighted by Crippen LogP contribution is -2.27. The summed E-state index contributed by atoms with van der Waals surface area (Å²) in [6.07, 6.45) is 2.78. The van der Waals surface area contributed by atoms with Crippen LogP contribution in [-0.4, -0.2) is 44.9 Å². The fourth-order valence-corrected chi connectivity index (χ4v) is 1.98. The van der Waals surface area contributed by atoms with Crippen LogP contribution in [0.2, 0.25) is 0 Å². The van der Waals surface area contributed by atoms with E-state index in [-0.39, 0.29) is 31.3 Å². The van der Waals surface area contributed by atoms with Crippen LogP contribution in [0.5, 0.6) is 0 Å². The number of ether oxygens (including phenoxy) is 1. The van der Waals surface area contributed by atoms with Crippen LogP contribution in [0, 0.1) is 0 Å². The molecule has 0 unspecified atom stereocenters. The zero-order chi connectivity index (χ0) is 11.9. The zero-order valence-corrected chi connectivity index (χ0v) is 9.48. The van der Waals surface area contributed by atoms with E-state index in [1.165, 1.54) is 18.5 Å². The van der Waals surface area contributed by atoms with Gasteiger partial charge in [-0.2, -0.15) is 0 Å². The molecule has 0 spiro atoms. The van der Waals surface area contributed by atoms with E-state index in [2.05, 4.69) is 9.71 Å². The summed E-state index contributed by atoms with van der Waals surface area (Å²) in [5.41, 5.74) is 0. The van der Waals surface area contributed by atoms with Gasteiger partial charge in [-0.1, -0.05) is 0 Å². The molecule has 0 aliphatic rings. The Balaban J connectivity index is 2.41. The van der Waals surface area contributed by atoms with E-state index in [1.54, 1.807) is 6.07 Å². The summed E-state index contributed by atoms with van der Waals surface area (Å²) in [6, 6.07) is 3.01. The van der Waals surface area contributed by atoms with Crippen molar-refractivity contribution in [3.05, 3.63) is 24.5 Å². The maximum atomic E-state index is 11.6. The van der Waals surface area contributed by atoms with E-state index in [9.17, 15) is 8.42 Å². The molecule has 1 heterocycles. The van der Waals surface area contributed by atoms with Gasteiger partial charge in [0.05, 0.1) is 19.8 Å². The van der Waals surface area contributed by atoms with Crippen molar-refractivity contribution in [3.63, 3.8) is 0 Å². The van der Waals surface area contributed by atoms with Crippen molar-refractivity contribution in [2.45, 2.75) is 4.90 Å². The van der Waals surface area contributed by atoms with Gasteiger partial charge >= 0.3 is 0 Å². The van der Waals surface area contributed by atoms with Crippen LogP contribution in [0.4, 0.5) is 0 Å². The number of nitrogens with zero attached hydrogens (tertiary/aromatic N) is 1. The largest absolute Gasteiger partial charge is 0.394 e. The maximum absolute atomic E-state index is 11.6. The Morgan fingerprint density at radius 2 is 2.25 bits per heavy atom. The van der Waals surface area contributed by atoms with Gasteiger partial charge in [0.2, 0.25) is 10.0 Å². The Kier molecular flexibility index (Phi) is 5.33. The Labute approximate surface area is 94.3 Å². The van der Waals surface area contributed by atoms with Gasteiger partial charge in [-0.15, -0.1) is 0 Å². The van der Waals surface area contributed by atoms with Crippen LogP contribution in [0.1, 0.15) is 0 Å². The Morgan fingerprint density at radius 1 is 1.44 bits per heavy atom. The van der Waals surface area contributed by atoms with Crippen molar-refractivity contribution in [1.29, 1.82) is 0 Å². The Morgan fingerprint density at radius 3 is 2.88 bits per heavy atom. The molecule has 2 N–H and O–H groups in total. The fraction of sp³-hybridized carbons (Fsp3) is 0.444. The lowest BCUT2D eigenvalue weighted by Gasteiger charge is -2.06. The summed E-state index contributed by atoms with van der Waals surface area (Å²) in [6.45, 7) is 0.515. The average Bonchev–Trinajstić information content (AvgIpc) is 2.30. The number of hydrogen-bond donors (Lipinski definition) is 2. The van der Waals surface area contributed by atoms with Crippen LogP contribution in [0.15, 0.2) is 29.4 Å². The lowest BCUT2D eigenvalue weighted by molar-refractivity contribution is 0.0961. The molecule has 0 saturated heterocycles. The van der Waals surface area contributed by atoms with Gasteiger partial charge in [0, 0.05) is 18.9 Å². The smallest absolute Gasteiger partial charge is 0.242 e. The molecule has 0 aliphatic carbocycles. The molecule has 0 amide bonds. The molecule has 0 atom stereocenters. The molecule has 1 rings (SSSR count). The van der Waals surface area contributed by atoms with Crippen molar-refractivity contribution < 1.29 is 18.3 Å². The van der Waals surface area contributed by atoms with Gasteiger partial charge < -0.3 is 9.84 Å². The SMILES string of the molecule is O=S(=O)(NCCOCCO)c1cccnc1. The molecule has 0 fully saturated rings. The van der Waals surface area contributed by atoms with E-state index >= 15 is 0 Å². The standard InChI is InChI=1S/C9H14N2O4S/c12-5-7-15-6-4-11-16(13,14)9-2-1-3-10-8-9/h1-3,8,11-12H,4-7H2. The Hall–Kier alpha value is -1.02. The predicted molar refractivity (Wildman–Crippen MR) is 57.3 cm³/mol. The quantitative estimate of drug-likeness (QED) is 0.625. The van der Waals surface area contributed by atoms with Crippen molar-refractivity contribution in [1.82, 2.24) is 9.71 Å². The molecule has 0 aliphatic heterocycles. The van der Waals surface area contributed by atoms with Gasteiger partial charge in [-0.3, -0.25) is 4.98 Å². The van der Waals surface area contributed by atoms with Crippen LogP contribution in [-0.2, 0) is 14.8 Å². The Bertz CT molecular complexity index is 393. The highest BCUT2D eigenvalue weighted by molar-refractivity contribution is 7.89. The average molecular weight is 246 g/mol. The third-order valence-corrected chi connectivity index (χ3v) is 3.17. The summed E-state index contributed by atoms with van der Waals surface area (Å²) in [7, 11) is -3.50. The van der Waals surface area contributed by atoms with Crippen molar-refractivity contribution >= 4 is 10.0 Å². The molecule has 16 heavy (non-hydrogen) atoms. The lowest BCUT2D eigenvalue weighted by atomic mass is 10.5. The first-order valence-electron chi connectivity index (χ1n) is 4.75. The number of aromatic nitrogens is 1. The molecule has 0 saturated carbocycles. The van der Waals surface area contributed by atoms with Crippen molar-refractivity contribution in [3.8, 4) is 0 Å². The number of aliphatic hydroxyl groups excluding tert-OH is 1. The van der Waals surface area contributed by atoms with Crippen LogP contribution < -0.4 is 4.72 Å². The highest BCUT2D eigenvalue weighted by atomic mass is 32.2. The monoisotopic (exact) mass is 246 g/mol. The number of pyridine rings is 1. The number of hydrogen-bond acceptors (Lipinski definition) is 5. The highest BCUT2D eigenvalue weighted by Gasteiger charge is 2.12. The van der Waals surface area contributed by atoms with Crippen molar-refractivity contribution in [2.24, 2.45) is 0 Å². The number of rotatable bonds is 7. The topological polar surface area (TPSA) is 88.5 Å². The number of nitrogens with one attached hydrogen (secondary N) is 1. The highest BCUT2D eigenvalue weighted by Crippen LogP contribution is 2.04. The van der Waals surface area contributed by atoms with Crippen LogP contribution >= 0.6 is 0 Å². The number of sulfonamides is 1. The second-order valence-electron chi connectivity index (χ2n) is 2.92. The van der Waals surface area contributed by atoms with Crippen LogP contribution in [0.25, 0.3) is 0 Å². The third-order valence-electron chi connectivity index (χ3n) is 1.72. The number of aliphatic hydroxyl groups is 1. The first-order valence-corrected chi connectivity index (χ1v) is 6.23. The van der Waals surface area contributed by atoms with Crippen molar-refractivity contribution in [2.75, 3.05) is 26.4 Å². The molecule has 0 radical (unpaired) electrons. The first-order chi connectivity index (χ1) is 7.67. The second-order valence-corrected chi connectivity index (χ2v) is 4.69. The summed E-state index contributed by atoms with van der Waals surface area (Å²) in [5.74, 6) is 0. The van der Waals surface area contributed by atoms with Gasteiger partial charge in [-0.05, 0) is 12.1 Å². The van der Waals surface area contributed by atoms with E-state index in [0.29, 0.717) is 0 Å². The summed E-state index contributed by atoms with van der Waals surface area (Å²) >= 11 is 0. The molecular weight excluding hydrogens is 232 g/mol. The summed E-state index contributed by atoms with van der Waals surface area (Å²) < 4.78 is 30.5. The normalized spacial score (nSPS) is 11.6. The molecule has 7 heteroatoms. The molecular formula is C9H14N2O4S. The molecule has 0 bridgehead atoms. The van der Waals surface area contributed by atoms with E-state index in [1.807, 2.05) is 0 Å². The van der Waals surface area contributed by atoms with Gasteiger partial charge in [0.25, 0.3) is 0 Å². The van der Waals surface area contributed by atoms with Gasteiger partial charge in [0.1, 0.15) is 4.90 Å². The molecule has 90 valence electrons. The minimum atomic E-state index is -3.50. The molecule has 0 aromatic carbocycles. The molecule has 1 aromatic rings. The van der Waals surface area contributed by atoms with Gasteiger partial charge in [-0.25, -0.2) is 13.1 Å². The fourth-order valence-electron chi connectivity index (χ4n) is 1.00. The van der Waals surface area contributed by atoms with Crippen LogP contribution in [0.3, 0.4) is 0 Å². The molecule has 1 aromatic heterocycles. The minimum Gasteiger partial charge on any atom is -0.394 e. The van der Waals surface area contributed by atoms with Gasteiger partial charge in [0.15, 0.2) is 0 Å². The second kappa shape index (κ2) is 6.54. The predicted octanol–water partition coefficient (Wildman–Crippen LogP) is -0.631. The van der Waals surface area contributed by atoms with E-state index in [0.717, 1.165) is 0 Å². The minimum absolute atomic E-state index is 0.0741. The third kappa shape index (κ3) is 4.23. The summed E-state index contributed by atoms with van der Waals surface area (Å²) in [4.78, 5) is 3.85. The first kappa shape index (κ1) is 13.0. The van der Waals surface area contributed by atoms with E-state index < -0.39 is 10.0 Å². The molecule has 6 nitrogen and oxygen atoms in total. The maximum Gasteiger partial charge on any atom is 0.242 e. The van der Waals surface area contributed by atoms with E-state index in [4.69, 9.17) is 9.84 Å². The zero-order valence-electron chi connectivity index (χ0n) is 8.67.